The van der Waals surface area contributed by atoms with Crippen LogP contribution in [0.15, 0.2) is 21.6 Å². The molecule has 0 unspecified atom stereocenters. The third kappa shape index (κ3) is 2.67. The van der Waals surface area contributed by atoms with Crippen LogP contribution in [0.1, 0.15) is 23.4 Å². The lowest BCUT2D eigenvalue weighted by Crippen LogP contribution is -2.32. The summed E-state index contributed by atoms with van der Waals surface area (Å²) in [6.45, 7) is 3.95. The standard InChI is InChI=1S/C14H20N2O2S/c1-19-13-3-2-12(18-13)14(17)16-6-4-10-8-15-9-11(10)5-7-16/h2-3,10-11,15H,4-9H2,1H3/t10-,11+. The average molecular weight is 280 g/mol. The number of carbonyl (C=O) groups is 1. The number of rotatable bonds is 2. The van der Waals surface area contributed by atoms with Crippen LogP contribution in [0.25, 0.3) is 0 Å². The Bertz CT molecular complexity index is 446. The van der Waals surface area contributed by atoms with E-state index in [1.54, 1.807) is 6.07 Å². The minimum atomic E-state index is 0.0493. The normalized spacial score (nSPS) is 27.1. The molecular formula is C14H20N2O2S. The van der Waals surface area contributed by atoms with Crippen LogP contribution in [0, 0.1) is 11.8 Å². The van der Waals surface area contributed by atoms with Gasteiger partial charge < -0.3 is 14.6 Å². The molecule has 4 nitrogen and oxygen atoms in total. The third-order valence-electron chi connectivity index (χ3n) is 4.30. The fourth-order valence-corrected chi connectivity index (χ4v) is 3.50. The van der Waals surface area contributed by atoms with Crippen molar-refractivity contribution in [3.8, 4) is 0 Å². The molecule has 2 aliphatic rings. The second-order valence-electron chi connectivity index (χ2n) is 5.37. The van der Waals surface area contributed by atoms with Crippen LogP contribution in [0.2, 0.25) is 0 Å². The lowest BCUT2D eigenvalue weighted by Gasteiger charge is -2.19. The van der Waals surface area contributed by atoms with Gasteiger partial charge in [0.15, 0.2) is 10.9 Å². The summed E-state index contributed by atoms with van der Waals surface area (Å²) in [5.74, 6) is 2.02. The molecule has 5 heteroatoms. The minimum absolute atomic E-state index is 0.0493. The maximum absolute atomic E-state index is 12.4. The van der Waals surface area contributed by atoms with Gasteiger partial charge in [0, 0.05) is 13.1 Å². The summed E-state index contributed by atoms with van der Waals surface area (Å²) in [4.78, 5) is 14.4. The molecule has 3 heterocycles. The lowest BCUT2D eigenvalue weighted by molar-refractivity contribution is 0.0721. The fourth-order valence-electron chi connectivity index (χ4n) is 3.12. The molecule has 19 heavy (non-hydrogen) atoms. The van der Waals surface area contributed by atoms with Gasteiger partial charge in [0.2, 0.25) is 0 Å². The number of nitrogens with one attached hydrogen (secondary N) is 1. The largest absolute Gasteiger partial charge is 0.445 e. The molecule has 2 saturated heterocycles. The van der Waals surface area contributed by atoms with E-state index in [0.29, 0.717) is 5.76 Å². The SMILES string of the molecule is CSc1ccc(C(=O)N2CC[C@@H]3CNC[C@@H]3CC2)o1. The van der Waals surface area contributed by atoms with Crippen molar-refractivity contribution >= 4 is 17.7 Å². The van der Waals surface area contributed by atoms with Crippen LogP contribution in [0.4, 0.5) is 0 Å². The maximum Gasteiger partial charge on any atom is 0.289 e. The molecule has 1 amide bonds. The summed E-state index contributed by atoms with van der Waals surface area (Å²) in [6.07, 6.45) is 4.17. The van der Waals surface area contributed by atoms with Crippen LogP contribution >= 0.6 is 11.8 Å². The molecule has 2 aliphatic heterocycles. The summed E-state index contributed by atoms with van der Waals surface area (Å²) in [7, 11) is 0. The van der Waals surface area contributed by atoms with E-state index in [4.69, 9.17) is 4.42 Å². The first-order valence-electron chi connectivity index (χ1n) is 6.91. The number of thioether (sulfide) groups is 1. The molecule has 0 aromatic carbocycles. The predicted molar refractivity (Wildman–Crippen MR) is 75.5 cm³/mol. The molecular weight excluding hydrogens is 260 g/mol. The van der Waals surface area contributed by atoms with E-state index in [9.17, 15) is 4.79 Å². The fraction of sp³-hybridized carbons (Fsp3) is 0.643. The Kier molecular flexibility index (Phi) is 3.84. The van der Waals surface area contributed by atoms with Crippen molar-refractivity contribution in [1.29, 1.82) is 0 Å². The van der Waals surface area contributed by atoms with Gasteiger partial charge in [-0.15, -0.1) is 0 Å². The van der Waals surface area contributed by atoms with E-state index in [0.717, 1.165) is 55.9 Å². The minimum Gasteiger partial charge on any atom is -0.445 e. The Labute approximate surface area is 117 Å². The number of carbonyl (C=O) groups excluding carboxylic acids is 1. The van der Waals surface area contributed by atoms with Crippen molar-refractivity contribution < 1.29 is 9.21 Å². The molecule has 0 saturated carbocycles. The van der Waals surface area contributed by atoms with Crippen molar-refractivity contribution in [2.24, 2.45) is 11.8 Å². The van der Waals surface area contributed by atoms with Gasteiger partial charge in [0.25, 0.3) is 5.91 Å². The quantitative estimate of drug-likeness (QED) is 0.843. The molecule has 0 spiro atoms. The Morgan fingerprint density at radius 3 is 2.58 bits per heavy atom. The van der Waals surface area contributed by atoms with Gasteiger partial charge in [0.05, 0.1) is 0 Å². The van der Waals surface area contributed by atoms with E-state index in [2.05, 4.69) is 5.32 Å². The van der Waals surface area contributed by atoms with Crippen LogP contribution < -0.4 is 5.32 Å². The van der Waals surface area contributed by atoms with Crippen LogP contribution in [0.5, 0.6) is 0 Å². The van der Waals surface area contributed by atoms with Crippen molar-refractivity contribution in [3.63, 3.8) is 0 Å². The summed E-state index contributed by atoms with van der Waals surface area (Å²) in [6, 6.07) is 3.66. The maximum atomic E-state index is 12.4. The van der Waals surface area contributed by atoms with Crippen molar-refractivity contribution in [2.45, 2.75) is 17.9 Å². The molecule has 2 fully saturated rings. The van der Waals surface area contributed by atoms with Gasteiger partial charge in [-0.3, -0.25) is 4.79 Å². The van der Waals surface area contributed by atoms with Gasteiger partial charge >= 0.3 is 0 Å². The number of nitrogens with zero attached hydrogens (tertiary/aromatic N) is 1. The van der Waals surface area contributed by atoms with E-state index in [1.807, 2.05) is 17.2 Å². The molecule has 0 bridgehead atoms. The number of fused-ring (bicyclic) bond motifs is 1. The summed E-state index contributed by atoms with van der Waals surface area (Å²) in [5.41, 5.74) is 0. The van der Waals surface area contributed by atoms with Crippen LogP contribution in [0.3, 0.4) is 0 Å². The first-order chi connectivity index (χ1) is 9.28. The van der Waals surface area contributed by atoms with E-state index >= 15 is 0 Å². The molecule has 3 rings (SSSR count). The van der Waals surface area contributed by atoms with Gasteiger partial charge in [0.1, 0.15) is 0 Å². The zero-order valence-corrected chi connectivity index (χ0v) is 12.0. The highest BCUT2D eigenvalue weighted by Crippen LogP contribution is 2.28. The molecule has 1 aromatic heterocycles. The second kappa shape index (κ2) is 5.59. The Morgan fingerprint density at radius 1 is 1.32 bits per heavy atom. The van der Waals surface area contributed by atoms with Crippen LogP contribution in [-0.4, -0.2) is 43.2 Å². The van der Waals surface area contributed by atoms with Gasteiger partial charge in [-0.05, 0) is 56.2 Å². The second-order valence-corrected chi connectivity index (χ2v) is 6.18. The lowest BCUT2D eigenvalue weighted by atomic mass is 9.92. The van der Waals surface area contributed by atoms with E-state index in [-0.39, 0.29) is 5.91 Å². The van der Waals surface area contributed by atoms with Crippen LogP contribution in [-0.2, 0) is 0 Å². The van der Waals surface area contributed by atoms with Gasteiger partial charge in [-0.25, -0.2) is 0 Å². The monoisotopic (exact) mass is 280 g/mol. The summed E-state index contributed by atoms with van der Waals surface area (Å²) in [5, 5.41) is 4.26. The zero-order chi connectivity index (χ0) is 13.2. The highest BCUT2D eigenvalue weighted by molar-refractivity contribution is 7.98. The molecule has 1 aromatic rings. The first-order valence-corrected chi connectivity index (χ1v) is 8.14. The predicted octanol–water partition coefficient (Wildman–Crippen LogP) is 2.07. The average Bonchev–Trinajstić information content (AvgIpc) is 3.04. The molecule has 104 valence electrons. The molecule has 2 atom stereocenters. The Morgan fingerprint density at radius 2 is 2.00 bits per heavy atom. The van der Waals surface area contributed by atoms with Gasteiger partial charge in [-0.2, -0.15) is 0 Å². The highest BCUT2D eigenvalue weighted by atomic mass is 32.2. The molecule has 0 aliphatic carbocycles. The number of amides is 1. The number of hydrogen-bond acceptors (Lipinski definition) is 4. The first kappa shape index (κ1) is 13.1. The van der Waals surface area contributed by atoms with Crippen molar-refractivity contribution in [3.05, 3.63) is 17.9 Å². The number of likely N-dealkylation sites (tertiary alicyclic amines) is 1. The summed E-state index contributed by atoms with van der Waals surface area (Å²) < 4.78 is 5.54. The zero-order valence-electron chi connectivity index (χ0n) is 11.2. The van der Waals surface area contributed by atoms with E-state index in [1.165, 1.54) is 11.8 Å². The summed E-state index contributed by atoms with van der Waals surface area (Å²) >= 11 is 1.53. The number of furan rings is 1. The van der Waals surface area contributed by atoms with Crippen molar-refractivity contribution in [1.82, 2.24) is 10.2 Å². The Hall–Kier alpha value is -0.940. The molecule has 0 radical (unpaired) electrons. The smallest absolute Gasteiger partial charge is 0.289 e. The topological polar surface area (TPSA) is 45.5 Å². The highest BCUT2D eigenvalue weighted by Gasteiger charge is 2.32. The van der Waals surface area contributed by atoms with E-state index < -0.39 is 0 Å². The number of hydrogen-bond donors (Lipinski definition) is 1. The molecule has 1 N–H and O–H groups in total. The Balaban J connectivity index is 1.67. The van der Waals surface area contributed by atoms with Crippen molar-refractivity contribution in [2.75, 3.05) is 32.4 Å². The van der Waals surface area contributed by atoms with Gasteiger partial charge in [-0.1, -0.05) is 11.8 Å². The third-order valence-corrected chi connectivity index (χ3v) is 4.92.